The molecule has 1 aromatic rings. The standard InChI is InChI=1S/C23H39N5O2.HI/c1-6-27(7-2)14-15-30-21-10-8-19(9-11-21)16-25-23(24-5)26-20-12-13-28(17-20)22(29)18(3)4;/h8-11,18,20H,6-7,12-17H2,1-5H3,(H2,24,25,26);1H. The summed E-state index contributed by atoms with van der Waals surface area (Å²) in [6, 6.07) is 8.42. The predicted molar refractivity (Wildman–Crippen MR) is 138 cm³/mol. The van der Waals surface area contributed by atoms with Crippen LogP contribution in [0.1, 0.15) is 39.7 Å². The number of hydrogen-bond donors (Lipinski definition) is 2. The summed E-state index contributed by atoms with van der Waals surface area (Å²) < 4.78 is 5.85. The van der Waals surface area contributed by atoms with Gasteiger partial charge in [-0.1, -0.05) is 39.8 Å². The molecule has 8 heteroatoms. The van der Waals surface area contributed by atoms with Gasteiger partial charge in [-0.3, -0.25) is 9.79 Å². The van der Waals surface area contributed by atoms with Gasteiger partial charge in [-0.15, -0.1) is 24.0 Å². The molecule has 1 saturated heterocycles. The minimum atomic E-state index is 0. The van der Waals surface area contributed by atoms with E-state index in [-0.39, 0.29) is 41.8 Å². The molecule has 2 rings (SSSR count). The number of aliphatic imine (C=N–C) groups is 1. The minimum Gasteiger partial charge on any atom is -0.492 e. The first-order valence-electron chi connectivity index (χ1n) is 11.2. The molecule has 0 radical (unpaired) electrons. The van der Waals surface area contributed by atoms with Crippen LogP contribution in [-0.2, 0) is 11.3 Å². The van der Waals surface area contributed by atoms with Crippen molar-refractivity contribution >= 4 is 35.8 Å². The first kappa shape index (κ1) is 27.5. The van der Waals surface area contributed by atoms with Gasteiger partial charge in [0.05, 0.1) is 0 Å². The van der Waals surface area contributed by atoms with Gasteiger partial charge in [0.1, 0.15) is 12.4 Å². The fourth-order valence-electron chi connectivity index (χ4n) is 3.55. The minimum absolute atomic E-state index is 0. The number of ether oxygens (including phenoxy) is 1. The number of carbonyl (C=O) groups is 1. The summed E-state index contributed by atoms with van der Waals surface area (Å²) in [6.45, 7) is 14.2. The van der Waals surface area contributed by atoms with E-state index in [1.54, 1.807) is 7.05 Å². The van der Waals surface area contributed by atoms with E-state index in [2.05, 4.69) is 46.5 Å². The largest absolute Gasteiger partial charge is 0.492 e. The number of guanidine groups is 1. The molecule has 0 spiro atoms. The maximum Gasteiger partial charge on any atom is 0.225 e. The summed E-state index contributed by atoms with van der Waals surface area (Å²) in [4.78, 5) is 20.8. The summed E-state index contributed by atoms with van der Waals surface area (Å²) in [5, 5.41) is 6.80. The van der Waals surface area contributed by atoms with Crippen LogP contribution in [-0.4, -0.2) is 74.1 Å². The van der Waals surface area contributed by atoms with Crippen molar-refractivity contribution in [1.29, 1.82) is 0 Å². The number of rotatable bonds is 10. The number of carbonyl (C=O) groups excluding carboxylic acids is 1. The third-order valence-electron chi connectivity index (χ3n) is 5.51. The highest BCUT2D eigenvalue weighted by molar-refractivity contribution is 14.0. The van der Waals surface area contributed by atoms with Crippen LogP contribution in [0.3, 0.4) is 0 Å². The Morgan fingerprint density at radius 3 is 2.52 bits per heavy atom. The van der Waals surface area contributed by atoms with Crippen LogP contribution < -0.4 is 15.4 Å². The van der Waals surface area contributed by atoms with Gasteiger partial charge in [0.2, 0.25) is 5.91 Å². The van der Waals surface area contributed by atoms with Crippen molar-refractivity contribution in [1.82, 2.24) is 20.4 Å². The summed E-state index contributed by atoms with van der Waals surface area (Å²) in [6.07, 6.45) is 0.943. The molecule has 7 nitrogen and oxygen atoms in total. The maximum absolute atomic E-state index is 12.2. The van der Waals surface area contributed by atoms with Crippen LogP contribution in [0.2, 0.25) is 0 Å². The lowest BCUT2D eigenvalue weighted by molar-refractivity contribution is -0.133. The Balaban J connectivity index is 0.00000480. The normalized spacial score (nSPS) is 16.4. The number of halogens is 1. The fraction of sp³-hybridized carbons (Fsp3) is 0.652. The number of amides is 1. The molecule has 1 aliphatic rings. The number of hydrogen-bond acceptors (Lipinski definition) is 4. The summed E-state index contributed by atoms with van der Waals surface area (Å²) >= 11 is 0. The molecule has 1 heterocycles. The van der Waals surface area contributed by atoms with Crippen molar-refractivity contribution in [3.05, 3.63) is 29.8 Å². The van der Waals surface area contributed by atoms with Gasteiger partial charge in [-0.25, -0.2) is 0 Å². The first-order valence-corrected chi connectivity index (χ1v) is 11.2. The lowest BCUT2D eigenvalue weighted by Crippen LogP contribution is -2.45. The lowest BCUT2D eigenvalue weighted by atomic mass is 10.2. The quantitative estimate of drug-likeness (QED) is 0.269. The molecule has 31 heavy (non-hydrogen) atoms. The summed E-state index contributed by atoms with van der Waals surface area (Å²) in [7, 11) is 1.77. The monoisotopic (exact) mass is 545 g/mol. The van der Waals surface area contributed by atoms with E-state index in [4.69, 9.17) is 4.74 Å². The Kier molecular flexibility index (Phi) is 12.9. The molecule has 1 aromatic carbocycles. The Morgan fingerprint density at radius 2 is 1.94 bits per heavy atom. The highest BCUT2D eigenvalue weighted by atomic mass is 127. The molecule has 0 aromatic heterocycles. The van der Waals surface area contributed by atoms with Gasteiger partial charge < -0.3 is 25.2 Å². The topological polar surface area (TPSA) is 69.2 Å². The Bertz CT molecular complexity index is 677. The van der Waals surface area contributed by atoms with E-state index in [0.29, 0.717) is 13.2 Å². The predicted octanol–water partition coefficient (Wildman–Crippen LogP) is 2.95. The average molecular weight is 546 g/mol. The molecule has 1 unspecified atom stereocenters. The highest BCUT2D eigenvalue weighted by Crippen LogP contribution is 2.14. The number of nitrogens with one attached hydrogen (secondary N) is 2. The van der Waals surface area contributed by atoms with Crippen molar-refractivity contribution < 1.29 is 9.53 Å². The SMILES string of the molecule is CCN(CC)CCOc1ccc(CNC(=NC)NC2CCN(C(=O)C(C)C)C2)cc1.I. The van der Waals surface area contributed by atoms with E-state index >= 15 is 0 Å². The van der Waals surface area contributed by atoms with Crippen molar-refractivity contribution in [2.45, 2.75) is 46.7 Å². The van der Waals surface area contributed by atoms with Crippen molar-refractivity contribution in [2.24, 2.45) is 10.9 Å². The van der Waals surface area contributed by atoms with Crippen LogP contribution >= 0.6 is 24.0 Å². The number of nitrogens with zero attached hydrogens (tertiary/aromatic N) is 3. The summed E-state index contributed by atoms with van der Waals surface area (Å²) in [5.41, 5.74) is 1.16. The number of benzene rings is 1. The molecule has 2 N–H and O–H groups in total. The van der Waals surface area contributed by atoms with E-state index in [0.717, 1.165) is 56.4 Å². The molecule has 1 aliphatic heterocycles. The second-order valence-corrected chi connectivity index (χ2v) is 8.01. The molecule has 1 amide bonds. The smallest absolute Gasteiger partial charge is 0.225 e. The first-order chi connectivity index (χ1) is 14.5. The van der Waals surface area contributed by atoms with Gasteiger partial charge >= 0.3 is 0 Å². The van der Waals surface area contributed by atoms with Crippen molar-refractivity contribution in [3.8, 4) is 5.75 Å². The van der Waals surface area contributed by atoms with E-state index in [1.807, 2.05) is 30.9 Å². The van der Waals surface area contributed by atoms with Gasteiger partial charge in [0.15, 0.2) is 5.96 Å². The van der Waals surface area contributed by atoms with E-state index < -0.39 is 0 Å². The lowest BCUT2D eigenvalue weighted by Gasteiger charge is -2.20. The zero-order valence-electron chi connectivity index (χ0n) is 19.7. The molecule has 1 fully saturated rings. The van der Waals surface area contributed by atoms with Crippen molar-refractivity contribution in [2.75, 3.05) is 46.4 Å². The summed E-state index contributed by atoms with van der Waals surface area (Å²) in [5.74, 6) is 1.93. The van der Waals surface area contributed by atoms with Crippen LogP contribution in [0.5, 0.6) is 5.75 Å². The van der Waals surface area contributed by atoms with E-state index in [9.17, 15) is 4.79 Å². The second kappa shape index (κ2) is 14.5. The van der Waals surface area contributed by atoms with Gasteiger partial charge in [-0.05, 0) is 37.2 Å². The molecule has 0 aliphatic carbocycles. The molecule has 1 atom stereocenters. The van der Waals surface area contributed by atoms with Crippen LogP contribution in [0.15, 0.2) is 29.3 Å². The third kappa shape index (κ3) is 9.22. The molecular weight excluding hydrogens is 505 g/mol. The van der Waals surface area contributed by atoms with Crippen molar-refractivity contribution in [3.63, 3.8) is 0 Å². The molecule has 0 saturated carbocycles. The average Bonchev–Trinajstić information content (AvgIpc) is 3.22. The zero-order valence-corrected chi connectivity index (χ0v) is 22.0. The molecule has 0 bridgehead atoms. The Hall–Kier alpha value is -1.55. The number of likely N-dealkylation sites (N-methyl/N-ethyl adjacent to an activating group) is 1. The van der Waals surface area contributed by atoms with Gasteiger partial charge in [-0.2, -0.15) is 0 Å². The Morgan fingerprint density at radius 1 is 1.26 bits per heavy atom. The fourth-order valence-corrected chi connectivity index (χ4v) is 3.55. The third-order valence-corrected chi connectivity index (χ3v) is 5.51. The zero-order chi connectivity index (χ0) is 21.9. The van der Waals surface area contributed by atoms with Gasteiger partial charge in [0.25, 0.3) is 0 Å². The van der Waals surface area contributed by atoms with Crippen LogP contribution in [0.25, 0.3) is 0 Å². The van der Waals surface area contributed by atoms with Crippen LogP contribution in [0.4, 0.5) is 0 Å². The molecule has 176 valence electrons. The van der Waals surface area contributed by atoms with E-state index in [1.165, 1.54) is 0 Å². The number of likely N-dealkylation sites (tertiary alicyclic amines) is 1. The van der Waals surface area contributed by atoms with Gasteiger partial charge in [0, 0.05) is 45.2 Å². The second-order valence-electron chi connectivity index (χ2n) is 8.01. The Labute approximate surface area is 205 Å². The molecular formula is C23H40IN5O2. The maximum atomic E-state index is 12.2. The highest BCUT2D eigenvalue weighted by Gasteiger charge is 2.27. The van der Waals surface area contributed by atoms with Crippen LogP contribution in [0, 0.1) is 5.92 Å².